The molecule has 0 radical (unpaired) electrons. The molecule has 0 fully saturated rings. The Balaban J connectivity index is 2.44. The molecular weight excluding hydrogens is 221 g/mol. The van der Waals surface area contributed by atoms with Crippen molar-refractivity contribution in [2.75, 3.05) is 12.3 Å². The van der Waals surface area contributed by atoms with Crippen molar-refractivity contribution in [3.63, 3.8) is 0 Å². The van der Waals surface area contributed by atoms with Crippen LogP contribution in [0.15, 0.2) is 18.2 Å². The lowest BCUT2D eigenvalue weighted by atomic mass is 10.1. The molecule has 0 aliphatic carbocycles. The summed E-state index contributed by atoms with van der Waals surface area (Å²) in [6.07, 6.45) is 1.82. The van der Waals surface area contributed by atoms with Crippen molar-refractivity contribution in [1.82, 2.24) is 0 Å². The summed E-state index contributed by atoms with van der Waals surface area (Å²) >= 11 is 0. The fourth-order valence-corrected chi connectivity index (χ4v) is 1.39. The number of nitrogen functional groups attached to an aromatic ring is 1. The highest BCUT2D eigenvalue weighted by atomic mass is 19.1. The molecule has 0 aliphatic rings. The largest absolute Gasteiger partial charge is 0.462 e. The molecule has 0 amide bonds. The Bertz CT molecular complexity index is 391. The molecule has 3 nitrogen and oxygen atoms in total. The second-order valence-electron chi connectivity index (χ2n) is 4.41. The molecule has 2 N–H and O–H groups in total. The third kappa shape index (κ3) is 4.43. The maximum atomic E-state index is 13.1. The fourth-order valence-electron chi connectivity index (χ4n) is 1.39. The van der Waals surface area contributed by atoms with E-state index in [4.69, 9.17) is 10.5 Å². The van der Waals surface area contributed by atoms with E-state index in [0.29, 0.717) is 12.5 Å². The van der Waals surface area contributed by atoms with Crippen molar-refractivity contribution in [3.8, 4) is 0 Å². The number of benzene rings is 1. The SMILES string of the molecule is CC(C)CCCOC(=O)c1ccc(N)c(F)c1. The van der Waals surface area contributed by atoms with Crippen LogP contribution >= 0.6 is 0 Å². The highest BCUT2D eigenvalue weighted by Crippen LogP contribution is 2.13. The Labute approximate surface area is 101 Å². The van der Waals surface area contributed by atoms with Gasteiger partial charge in [0.2, 0.25) is 0 Å². The molecule has 4 heteroatoms. The number of esters is 1. The van der Waals surface area contributed by atoms with Gasteiger partial charge in [-0.2, -0.15) is 0 Å². The zero-order valence-electron chi connectivity index (χ0n) is 10.2. The van der Waals surface area contributed by atoms with Crippen LogP contribution in [0.2, 0.25) is 0 Å². The monoisotopic (exact) mass is 239 g/mol. The van der Waals surface area contributed by atoms with Crippen LogP contribution in [0.1, 0.15) is 37.0 Å². The number of nitrogens with two attached hydrogens (primary N) is 1. The van der Waals surface area contributed by atoms with Crippen LogP contribution in [0, 0.1) is 11.7 Å². The molecule has 94 valence electrons. The maximum absolute atomic E-state index is 13.1. The maximum Gasteiger partial charge on any atom is 0.338 e. The molecule has 0 spiro atoms. The van der Waals surface area contributed by atoms with Crippen LogP contribution in [-0.2, 0) is 4.74 Å². The van der Waals surface area contributed by atoms with Crippen molar-refractivity contribution in [1.29, 1.82) is 0 Å². The number of ether oxygens (including phenoxy) is 1. The van der Waals surface area contributed by atoms with Gasteiger partial charge in [0.1, 0.15) is 5.82 Å². The summed E-state index contributed by atoms with van der Waals surface area (Å²) < 4.78 is 18.1. The van der Waals surface area contributed by atoms with Crippen molar-refractivity contribution in [2.45, 2.75) is 26.7 Å². The molecule has 0 unspecified atom stereocenters. The summed E-state index contributed by atoms with van der Waals surface area (Å²) in [5, 5.41) is 0. The normalized spacial score (nSPS) is 10.6. The van der Waals surface area contributed by atoms with Gasteiger partial charge in [-0.05, 0) is 37.0 Å². The molecule has 0 saturated carbocycles. The van der Waals surface area contributed by atoms with E-state index in [1.165, 1.54) is 12.1 Å². The zero-order chi connectivity index (χ0) is 12.8. The van der Waals surface area contributed by atoms with Gasteiger partial charge in [0.05, 0.1) is 17.9 Å². The lowest BCUT2D eigenvalue weighted by Gasteiger charge is -2.07. The second kappa shape index (κ2) is 6.23. The van der Waals surface area contributed by atoms with Crippen LogP contribution in [-0.4, -0.2) is 12.6 Å². The Morgan fingerprint density at radius 1 is 1.47 bits per heavy atom. The second-order valence-corrected chi connectivity index (χ2v) is 4.41. The molecule has 1 aromatic carbocycles. The van der Waals surface area contributed by atoms with Gasteiger partial charge >= 0.3 is 5.97 Å². The van der Waals surface area contributed by atoms with Gasteiger partial charge < -0.3 is 10.5 Å². The van der Waals surface area contributed by atoms with Gasteiger partial charge in [-0.3, -0.25) is 0 Å². The van der Waals surface area contributed by atoms with Gasteiger partial charge in [0.25, 0.3) is 0 Å². The van der Waals surface area contributed by atoms with Crippen molar-refractivity contribution in [3.05, 3.63) is 29.6 Å². The number of hydrogen-bond donors (Lipinski definition) is 1. The molecule has 0 saturated heterocycles. The van der Waals surface area contributed by atoms with Crippen LogP contribution in [0.3, 0.4) is 0 Å². The third-order valence-electron chi connectivity index (χ3n) is 2.40. The first kappa shape index (κ1) is 13.5. The number of anilines is 1. The first-order valence-electron chi connectivity index (χ1n) is 5.73. The standard InChI is InChI=1S/C13H18FNO2/c1-9(2)4-3-7-17-13(16)10-5-6-12(15)11(14)8-10/h5-6,8-9H,3-4,7,15H2,1-2H3. The molecule has 0 bridgehead atoms. The molecular formula is C13H18FNO2. The van der Waals surface area contributed by atoms with Crippen molar-refractivity contribution >= 4 is 11.7 Å². The number of carbonyl (C=O) groups excluding carboxylic acids is 1. The molecule has 0 aromatic heterocycles. The van der Waals surface area contributed by atoms with Gasteiger partial charge in [-0.15, -0.1) is 0 Å². The number of halogens is 1. The summed E-state index contributed by atoms with van der Waals surface area (Å²) in [5.41, 5.74) is 5.54. The van der Waals surface area contributed by atoms with E-state index in [1.54, 1.807) is 0 Å². The first-order chi connectivity index (χ1) is 8.00. The zero-order valence-corrected chi connectivity index (χ0v) is 10.2. The Morgan fingerprint density at radius 3 is 2.76 bits per heavy atom. The van der Waals surface area contributed by atoms with E-state index in [-0.39, 0.29) is 11.3 Å². The minimum Gasteiger partial charge on any atom is -0.462 e. The van der Waals surface area contributed by atoms with Crippen LogP contribution in [0.25, 0.3) is 0 Å². The lowest BCUT2D eigenvalue weighted by molar-refractivity contribution is 0.0494. The Morgan fingerprint density at radius 2 is 2.18 bits per heavy atom. The number of hydrogen-bond acceptors (Lipinski definition) is 3. The fraction of sp³-hybridized carbons (Fsp3) is 0.462. The van der Waals surface area contributed by atoms with E-state index in [9.17, 15) is 9.18 Å². The Kier molecular flexibility index (Phi) is 4.94. The van der Waals surface area contributed by atoms with Crippen LogP contribution in [0.4, 0.5) is 10.1 Å². The molecule has 1 aromatic rings. The predicted molar refractivity (Wildman–Crippen MR) is 65.2 cm³/mol. The van der Waals surface area contributed by atoms with Gasteiger partial charge in [0, 0.05) is 0 Å². The molecule has 0 aliphatic heterocycles. The number of rotatable bonds is 5. The van der Waals surface area contributed by atoms with E-state index in [2.05, 4.69) is 13.8 Å². The highest BCUT2D eigenvalue weighted by Gasteiger charge is 2.09. The minimum absolute atomic E-state index is 0.0290. The minimum atomic E-state index is -0.596. The third-order valence-corrected chi connectivity index (χ3v) is 2.40. The quantitative estimate of drug-likeness (QED) is 0.488. The molecule has 0 heterocycles. The summed E-state index contributed by atoms with van der Waals surface area (Å²) in [7, 11) is 0. The summed E-state index contributed by atoms with van der Waals surface area (Å²) in [5.74, 6) is -0.517. The van der Waals surface area contributed by atoms with Crippen LogP contribution in [0.5, 0.6) is 0 Å². The topological polar surface area (TPSA) is 52.3 Å². The predicted octanol–water partition coefficient (Wildman–Crippen LogP) is 3.00. The molecule has 1 rings (SSSR count). The summed E-state index contributed by atoms with van der Waals surface area (Å²) in [6, 6.07) is 3.92. The number of carbonyl (C=O) groups is 1. The van der Waals surface area contributed by atoms with Crippen molar-refractivity contribution < 1.29 is 13.9 Å². The van der Waals surface area contributed by atoms with Gasteiger partial charge in [-0.1, -0.05) is 13.8 Å². The van der Waals surface area contributed by atoms with E-state index in [1.807, 2.05) is 0 Å². The van der Waals surface area contributed by atoms with Crippen LogP contribution < -0.4 is 5.73 Å². The average molecular weight is 239 g/mol. The lowest BCUT2D eigenvalue weighted by Crippen LogP contribution is -2.08. The molecule has 17 heavy (non-hydrogen) atoms. The summed E-state index contributed by atoms with van der Waals surface area (Å²) in [4.78, 5) is 11.5. The van der Waals surface area contributed by atoms with E-state index >= 15 is 0 Å². The van der Waals surface area contributed by atoms with E-state index < -0.39 is 11.8 Å². The van der Waals surface area contributed by atoms with E-state index in [0.717, 1.165) is 18.9 Å². The summed E-state index contributed by atoms with van der Waals surface area (Å²) in [6.45, 7) is 4.58. The molecule has 0 atom stereocenters. The van der Waals surface area contributed by atoms with Crippen molar-refractivity contribution in [2.24, 2.45) is 5.92 Å². The first-order valence-corrected chi connectivity index (χ1v) is 5.73. The highest BCUT2D eigenvalue weighted by molar-refractivity contribution is 5.89. The van der Waals surface area contributed by atoms with Gasteiger partial charge in [-0.25, -0.2) is 9.18 Å². The average Bonchev–Trinajstić information content (AvgIpc) is 2.27. The Hall–Kier alpha value is -1.58. The van der Waals surface area contributed by atoms with Gasteiger partial charge in [0.15, 0.2) is 0 Å². The smallest absolute Gasteiger partial charge is 0.338 e.